The van der Waals surface area contributed by atoms with Crippen LogP contribution in [0.3, 0.4) is 0 Å². The van der Waals surface area contributed by atoms with Gasteiger partial charge in [-0.25, -0.2) is 4.39 Å². The van der Waals surface area contributed by atoms with E-state index in [1.807, 2.05) is 0 Å². The van der Waals surface area contributed by atoms with E-state index in [2.05, 4.69) is 0 Å². The number of rotatable bonds is 11. The Morgan fingerprint density at radius 3 is 1.84 bits per heavy atom. The highest BCUT2D eigenvalue weighted by molar-refractivity contribution is 5.73. The van der Waals surface area contributed by atoms with Crippen LogP contribution in [-0.2, 0) is 4.79 Å². The van der Waals surface area contributed by atoms with Gasteiger partial charge in [-0.3, -0.25) is 4.79 Å². The van der Waals surface area contributed by atoms with Crippen molar-refractivity contribution in [2.45, 2.75) is 89.1 Å². The SMILES string of the molecule is NC(=O)CCCCCCCCCCC12CC(F)(C1)C2. The van der Waals surface area contributed by atoms with Gasteiger partial charge in [0.05, 0.1) is 0 Å². The Morgan fingerprint density at radius 2 is 1.37 bits per heavy atom. The van der Waals surface area contributed by atoms with Gasteiger partial charge >= 0.3 is 0 Å². The number of unbranched alkanes of at least 4 members (excludes halogenated alkanes) is 7. The van der Waals surface area contributed by atoms with E-state index >= 15 is 0 Å². The van der Waals surface area contributed by atoms with Crippen molar-refractivity contribution in [1.29, 1.82) is 0 Å². The first-order valence-electron chi connectivity index (χ1n) is 8.01. The molecule has 2 nitrogen and oxygen atoms in total. The molecule has 3 heteroatoms. The van der Waals surface area contributed by atoms with Crippen molar-refractivity contribution in [3.8, 4) is 0 Å². The molecule has 3 rings (SSSR count). The molecule has 2 bridgehead atoms. The lowest BCUT2D eigenvalue weighted by Crippen LogP contribution is -2.64. The van der Waals surface area contributed by atoms with Crippen LogP contribution in [0.15, 0.2) is 0 Å². The minimum absolute atomic E-state index is 0.177. The summed E-state index contributed by atoms with van der Waals surface area (Å²) >= 11 is 0. The number of alkyl halides is 1. The fourth-order valence-corrected chi connectivity index (χ4v) is 3.99. The minimum atomic E-state index is -0.717. The molecule has 0 aromatic carbocycles. The molecule has 3 fully saturated rings. The molecule has 19 heavy (non-hydrogen) atoms. The smallest absolute Gasteiger partial charge is 0.217 e. The molecule has 3 saturated carbocycles. The van der Waals surface area contributed by atoms with Gasteiger partial charge in [-0.15, -0.1) is 0 Å². The quantitative estimate of drug-likeness (QED) is 0.559. The number of hydrogen-bond acceptors (Lipinski definition) is 1. The maximum Gasteiger partial charge on any atom is 0.217 e. The van der Waals surface area contributed by atoms with Gasteiger partial charge in [-0.05, 0) is 37.5 Å². The Hall–Kier alpha value is -0.600. The van der Waals surface area contributed by atoms with E-state index in [0.717, 1.165) is 32.1 Å². The van der Waals surface area contributed by atoms with Crippen LogP contribution in [0, 0.1) is 5.41 Å². The van der Waals surface area contributed by atoms with Gasteiger partial charge < -0.3 is 5.73 Å². The number of halogens is 1. The molecule has 1 amide bonds. The third-order valence-electron chi connectivity index (χ3n) is 4.96. The minimum Gasteiger partial charge on any atom is -0.370 e. The second-order valence-electron chi connectivity index (χ2n) is 6.98. The normalized spacial score (nSPS) is 31.6. The summed E-state index contributed by atoms with van der Waals surface area (Å²) in [6, 6.07) is 0. The van der Waals surface area contributed by atoms with Crippen LogP contribution in [0.25, 0.3) is 0 Å². The molecular formula is C16H28FNO. The third kappa shape index (κ3) is 4.19. The molecule has 0 aromatic rings. The number of hydrogen-bond donors (Lipinski definition) is 1. The summed E-state index contributed by atoms with van der Waals surface area (Å²) in [5, 5.41) is 0. The van der Waals surface area contributed by atoms with E-state index in [9.17, 15) is 9.18 Å². The molecule has 2 N–H and O–H groups in total. The predicted molar refractivity (Wildman–Crippen MR) is 75.5 cm³/mol. The molecule has 110 valence electrons. The zero-order valence-electron chi connectivity index (χ0n) is 12.1. The topological polar surface area (TPSA) is 43.1 Å². The van der Waals surface area contributed by atoms with E-state index in [1.165, 1.54) is 44.9 Å². The zero-order chi connectivity index (χ0) is 13.8. The van der Waals surface area contributed by atoms with E-state index in [4.69, 9.17) is 5.73 Å². The van der Waals surface area contributed by atoms with Gasteiger partial charge in [0.25, 0.3) is 0 Å². The molecule has 0 spiro atoms. The number of carbonyl (C=O) groups is 1. The second kappa shape index (κ2) is 6.23. The van der Waals surface area contributed by atoms with Crippen molar-refractivity contribution in [2.75, 3.05) is 0 Å². The van der Waals surface area contributed by atoms with Crippen LogP contribution in [0.1, 0.15) is 83.5 Å². The molecular weight excluding hydrogens is 241 g/mol. The first-order chi connectivity index (χ1) is 9.04. The maximum atomic E-state index is 13.3. The number of primary amides is 1. The van der Waals surface area contributed by atoms with Crippen LogP contribution in [0.4, 0.5) is 4.39 Å². The lowest BCUT2D eigenvalue weighted by atomic mass is 9.41. The van der Waals surface area contributed by atoms with Crippen molar-refractivity contribution < 1.29 is 9.18 Å². The van der Waals surface area contributed by atoms with E-state index in [0.29, 0.717) is 11.8 Å². The van der Waals surface area contributed by atoms with Crippen molar-refractivity contribution in [3.05, 3.63) is 0 Å². The van der Waals surface area contributed by atoms with Crippen LogP contribution in [-0.4, -0.2) is 11.6 Å². The Labute approximate surface area is 116 Å². The van der Waals surface area contributed by atoms with Gasteiger partial charge in [-0.2, -0.15) is 0 Å². The molecule has 0 aromatic heterocycles. The predicted octanol–water partition coefficient (Wildman–Crippen LogP) is 4.26. The van der Waals surface area contributed by atoms with Gasteiger partial charge in [-0.1, -0.05) is 44.9 Å². The van der Waals surface area contributed by atoms with Crippen LogP contribution < -0.4 is 5.73 Å². The summed E-state index contributed by atoms with van der Waals surface area (Å²) in [5.41, 5.74) is 4.82. The van der Waals surface area contributed by atoms with Crippen molar-refractivity contribution in [2.24, 2.45) is 11.1 Å². The summed E-state index contributed by atoms with van der Waals surface area (Å²) < 4.78 is 13.3. The molecule has 0 aliphatic heterocycles. The molecule has 0 saturated heterocycles. The summed E-state index contributed by atoms with van der Waals surface area (Å²) in [6.45, 7) is 0. The van der Waals surface area contributed by atoms with Gasteiger partial charge in [0.2, 0.25) is 5.91 Å². The van der Waals surface area contributed by atoms with Gasteiger partial charge in [0, 0.05) is 6.42 Å². The molecule has 3 aliphatic carbocycles. The summed E-state index contributed by atoms with van der Waals surface area (Å²) in [6.07, 6.45) is 14.2. The molecule has 0 unspecified atom stereocenters. The van der Waals surface area contributed by atoms with Crippen LogP contribution in [0.2, 0.25) is 0 Å². The monoisotopic (exact) mass is 269 g/mol. The average molecular weight is 269 g/mol. The van der Waals surface area contributed by atoms with Crippen molar-refractivity contribution >= 4 is 5.91 Å². The zero-order valence-corrected chi connectivity index (χ0v) is 12.1. The van der Waals surface area contributed by atoms with Crippen LogP contribution >= 0.6 is 0 Å². The Kier molecular flexibility index (Phi) is 4.86. The van der Waals surface area contributed by atoms with E-state index < -0.39 is 5.67 Å². The largest absolute Gasteiger partial charge is 0.370 e. The highest BCUT2D eigenvalue weighted by Gasteiger charge is 2.68. The van der Waals surface area contributed by atoms with E-state index in [-0.39, 0.29) is 5.91 Å². The van der Waals surface area contributed by atoms with Crippen molar-refractivity contribution in [1.82, 2.24) is 0 Å². The van der Waals surface area contributed by atoms with Crippen molar-refractivity contribution in [3.63, 3.8) is 0 Å². The first-order valence-corrected chi connectivity index (χ1v) is 8.01. The Bertz CT molecular complexity index is 296. The first kappa shape index (κ1) is 14.8. The van der Waals surface area contributed by atoms with Gasteiger partial charge in [0.1, 0.15) is 5.67 Å². The second-order valence-corrected chi connectivity index (χ2v) is 6.98. The van der Waals surface area contributed by atoms with E-state index in [1.54, 1.807) is 0 Å². The highest BCUT2D eigenvalue weighted by atomic mass is 19.1. The number of nitrogens with two attached hydrogens (primary N) is 1. The number of carbonyl (C=O) groups excluding carboxylic acids is 1. The lowest BCUT2D eigenvalue weighted by Gasteiger charge is -2.66. The van der Waals surface area contributed by atoms with Crippen LogP contribution in [0.5, 0.6) is 0 Å². The van der Waals surface area contributed by atoms with Gasteiger partial charge in [0.15, 0.2) is 0 Å². The fourth-order valence-electron chi connectivity index (χ4n) is 3.99. The summed E-state index contributed by atoms with van der Waals surface area (Å²) in [7, 11) is 0. The lowest BCUT2D eigenvalue weighted by molar-refractivity contribution is -0.217. The molecule has 3 aliphatic rings. The maximum absolute atomic E-state index is 13.3. The summed E-state index contributed by atoms with van der Waals surface area (Å²) in [5.74, 6) is -0.177. The Morgan fingerprint density at radius 1 is 0.895 bits per heavy atom. The summed E-state index contributed by atoms with van der Waals surface area (Å²) in [4.78, 5) is 10.5. The average Bonchev–Trinajstić information content (AvgIpc) is 2.27. The Balaban J connectivity index is 1.31. The number of amides is 1. The molecule has 0 atom stereocenters. The fraction of sp³-hybridized carbons (Fsp3) is 0.938. The third-order valence-corrected chi connectivity index (χ3v) is 4.96. The molecule has 0 radical (unpaired) electrons. The standard InChI is InChI=1S/C16H28FNO/c17-16-11-15(12-16,13-16)10-8-6-4-2-1-3-5-7-9-14(18)19/h1-13H2,(H2,18,19). The highest BCUT2D eigenvalue weighted by Crippen LogP contribution is 2.71. The molecule has 0 heterocycles.